The standard InChI is InChI=1S/C29H37FN2O6/c1-36-12-4-3-10-28(35)26-21(8-9-22(30)25(26)18-6-5-7-20(14-18)37-2)29(28)17-32(11-13-38-29)27(34)19-15-23(31)24(33)16-19/h5-9,14,19,23-24,33,35H,3-4,10-13,15-17,31H2,1-2H3/t19-,23+,24-,28+,29-/m0/s1. The van der Waals surface area contributed by atoms with Crippen LogP contribution in [0.25, 0.3) is 11.1 Å². The SMILES string of the molecule is COCCCC[C@@]1(O)c2c(ccc(F)c2-c2cccc(OC)c2)[C@@]12CN(C(=O)[C@H]1C[C@@H](N)[C@@H](O)C1)CCO2. The van der Waals surface area contributed by atoms with E-state index in [1.807, 2.05) is 0 Å². The normalized spacial score (nSPS) is 30.3. The van der Waals surface area contributed by atoms with Gasteiger partial charge < -0.3 is 35.1 Å². The molecule has 0 unspecified atom stereocenters. The number of unbranched alkanes of at least 4 members (excludes halogenated alkanes) is 1. The molecule has 4 N–H and O–H groups in total. The number of hydrogen-bond donors (Lipinski definition) is 3. The van der Waals surface area contributed by atoms with Crippen LogP contribution in [0.4, 0.5) is 4.39 Å². The van der Waals surface area contributed by atoms with E-state index in [-0.39, 0.29) is 25.0 Å². The van der Waals surface area contributed by atoms with Crippen LogP contribution in [0.2, 0.25) is 0 Å². The number of morpholine rings is 1. The lowest BCUT2D eigenvalue weighted by Gasteiger charge is -2.60. The van der Waals surface area contributed by atoms with Gasteiger partial charge in [0.15, 0.2) is 0 Å². The molecule has 3 aliphatic rings. The maximum Gasteiger partial charge on any atom is 0.226 e. The maximum atomic E-state index is 15.5. The maximum absolute atomic E-state index is 15.5. The number of benzene rings is 2. The van der Waals surface area contributed by atoms with Crippen LogP contribution in [0.5, 0.6) is 5.75 Å². The Labute approximate surface area is 222 Å². The van der Waals surface area contributed by atoms with Crippen molar-refractivity contribution in [2.24, 2.45) is 11.7 Å². The van der Waals surface area contributed by atoms with Gasteiger partial charge in [0, 0.05) is 43.3 Å². The number of fused-ring (bicyclic) bond motifs is 2. The number of nitrogens with zero attached hydrogens (tertiary/aromatic N) is 1. The smallest absolute Gasteiger partial charge is 0.226 e. The fraction of sp³-hybridized carbons (Fsp3) is 0.552. The molecule has 1 amide bonds. The van der Waals surface area contributed by atoms with Crippen LogP contribution in [0, 0.1) is 11.7 Å². The molecule has 5 atom stereocenters. The van der Waals surface area contributed by atoms with Gasteiger partial charge in [0.1, 0.15) is 22.8 Å². The number of carbonyl (C=O) groups excluding carboxylic acids is 1. The van der Waals surface area contributed by atoms with E-state index in [4.69, 9.17) is 19.9 Å². The molecule has 1 aliphatic heterocycles. The Hall–Kier alpha value is -2.56. The van der Waals surface area contributed by atoms with E-state index in [1.54, 1.807) is 49.5 Å². The Bertz CT molecular complexity index is 1180. The molecule has 2 aromatic rings. The van der Waals surface area contributed by atoms with E-state index >= 15 is 4.39 Å². The zero-order valence-corrected chi connectivity index (χ0v) is 22.0. The minimum absolute atomic E-state index is 0.0926. The van der Waals surface area contributed by atoms with Gasteiger partial charge in [-0.1, -0.05) is 18.2 Å². The fourth-order valence-corrected chi connectivity index (χ4v) is 6.55. The molecule has 1 saturated carbocycles. The number of hydrogen-bond acceptors (Lipinski definition) is 7. The van der Waals surface area contributed by atoms with Gasteiger partial charge in [-0.05, 0) is 61.4 Å². The average Bonchev–Trinajstić information content (AvgIpc) is 3.28. The summed E-state index contributed by atoms with van der Waals surface area (Å²) in [5, 5.41) is 22.5. The summed E-state index contributed by atoms with van der Waals surface area (Å²) in [6.45, 7) is 1.29. The van der Waals surface area contributed by atoms with Crippen molar-refractivity contribution < 1.29 is 33.6 Å². The molecule has 206 valence electrons. The summed E-state index contributed by atoms with van der Waals surface area (Å²) >= 11 is 0. The summed E-state index contributed by atoms with van der Waals surface area (Å²) in [5.74, 6) is -0.324. The predicted molar refractivity (Wildman–Crippen MR) is 139 cm³/mol. The van der Waals surface area contributed by atoms with Crippen LogP contribution >= 0.6 is 0 Å². The Morgan fingerprint density at radius 1 is 1.24 bits per heavy atom. The van der Waals surface area contributed by atoms with Gasteiger partial charge >= 0.3 is 0 Å². The third-order valence-electron chi connectivity index (χ3n) is 8.53. The van der Waals surface area contributed by atoms with Gasteiger partial charge in [-0.25, -0.2) is 4.39 Å². The molecule has 1 spiro atoms. The Balaban J connectivity index is 1.55. The summed E-state index contributed by atoms with van der Waals surface area (Å²) in [5.41, 5.74) is 5.36. The van der Waals surface area contributed by atoms with Crippen molar-refractivity contribution in [2.75, 3.05) is 40.5 Å². The van der Waals surface area contributed by atoms with Gasteiger partial charge in [0.25, 0.3) is 0 Å². The first-order chi connectivity index (χ1) is 18.3. The number of rotatable bonds is 8. The lowest BCUT2D eigenvalue weighted by molar-refractivity contribution is -0.256. The molecule has 38 heavy (non-hydrogen) atoms. The number of halogens is 1. The van der Waals surface area contributed by atoms with E-state index in [1.165, 1.54) is 6.07 Å². The van der Waals surface area contributed by atoms with Gasteiger partial charge in [-0.2, -0.15) is 0 Å². The lowest BCUT2D eigenvalue weighted by Crippen LogP contribution is -2.68. The lowest BCUT2D eigenvalue weighted by atomic mass is 9.56. The molecule has 2 fully saturated rings. The van der Waals surface area contributed by atoms with Crippen LogP contribution in [-0.4, -0.2) is 73.7 Å². The van der Waals surface area contributed by atoms with Crippen LogP contribution in [0.3, 0.4) is 0 Å². The zero-order valence-electron chi connectivity index (χ0n) is 22.0. The number of carbonyl (C=O) groups is 1. The van der Waals surface area contributed by atoms with E-state index in [0.29, 0.717) is 73.3 Å². The van der Waals surface area contributed by atoms with Crippen molar-refractivity contribution in [1.82, 2.24) is 4.90 Å². The summed E-state index contributed by atoms with van der Waals surface area (Å²) in [6, 6.07) is 9.77. The summed E-state index contributed by atoms with van der Waals surface area (Å²) in [4.78, 5) is 15.2. The largest absolute Gasteiger partial charge is 0.497 e. The van der Waals surface area contributed by atoms with Crippen molar-refractivity contribution in [3.05, 3.63) is 53.3 Å². The number of methoxy groups -OCH3 is 2. The first-order valence-electron chi connectivity index (χ1n) is 13.3. The number of aliphatic hydroxyl groups is 2. The molecule has 2 aromatic carbocycles. The van der Waals surface area contributed by atoms with Gasteiger partial charge in [0.2, 0.25) is 5.91 Å². The van der Waals surface area contributed by atoms with Crippen molar-refractivity contribution in [3.8, 4) is 16.9 Å². The molecule has 2 aliphatic carbocycles. The highest BCUT2D eigenvalue weighted by Gasteiger charge is 2.66. The van der Waals surface area contributed by atoms with Gasteiger partial charge in [-0.15, -0.1) is 0 Å². The minimum Gasteiger partial charge on any atom is -0.497 e. The monoisotopic (exact) mass is 528 g/mol. The first-order valence-corrected chi connectivity index (χ1v) is 13.3. The van der Waals surface area contributed by atoms with E-state index < -0.39 is 29.2 Å². The summed E-state index contributed by atoms with van der Waals surface area (Å²) in [7, 11) is 3.18. The van der Waals surface area contributed by atoms with Gasteiger partial charge in [-0.3, -0.25) is 4.79 Å². The molecule has 0 aromatic heterocycles. The Kier molecular flexibility index (Phi) is 7.50. The number of ether oxygens (including phenoxy) is 3. The highest BCUT2D eigenvalue weighted by atomic mass is 19.1. The molecule has 0 bridgehead atoms. The second kappa shape index (κ2) is 10.5. The number of amides is 1. The predicted octanol–water partition coefficient (Wildman–Crippen LogP) is 2.67. The summed E-state index contributed by atoms with van der Waals surface area (Å²) in [6.07, 6.45) is 1.71. The second-order valence-electron chi connectivity index (χ2n) is 10.7. The van der Waals surface area contributed by atoms with E-state index in [0.717, 1.165) is 0 Å². The molecule has 0 radical (unpaired) electrons. The highest BCUT2D eigenvalue weighted by Crippen LogP contribution is 2.62. The molecule has 5 rings (SSSR count). The molecular weight excluding hydrogens is 491 g/mol. The molecule has 1 heterocycles. The quantitative estimate of drug-likeness (QED) is 0.452. The Morgan fingerprint density at radius 3 is 2.76 bits per heavy atom. The van der Waals surface area contributed by atoms with E-state index in [9.17, 15) is 15.0 Å². The highest BCUT2D eigenvalue weighted by molar-refractivity contribution is 5.81. The van der Waals surface area contributed by atoms with Gasteiger partial charge in [0.05, 0.1) is 26.4 Å². The molecule has 1 saturated heterocycles. The molecule has 8 nitrogen and oxygen atoms in total. The number of nitrogens with two attached hydrogens (primary N) is 1. The van der Waals surface area contributed by atoms with Crippen LogP contribution in [-0.2, 0) is 25.5 Å². The third kappa shape index (κ3) is 4.30. The number of aliphatic hydroxyl groups excluding tert-OH is 1. The minimum atomic E-state index is -1.53. The van der Waals surface area contributed by atoms with Crippen molar-refractivity contribution in [2.45, 2.75) is 55.5 Å². The van der Waals surface area contributed by atoms with Crippen LogP contribution < -0.4 is 10.5 Å². The Morgan fingerprint density at radius 2 is 2.05 bits per heavy atom. The van der Waals surface area contributed by atoms with E-state index in [2.05, 4.69) is 0 Å². The fourth-order valence-electron chi connectivity index (χ4n) is 6.55. The topological polar surface area (TPSA) is 114 Å². The van der Waals surface area contributed by atoms with Crippen molar-refractivity contribution in [3.63, 3.8) is 0 Å². The molecule has 9 heteroatoms. The second-order valence-corrected chi connectivity index (χ2v) is 10.7. The van der Waals surface area contributed by atoms with Crippen LogP contribution in [0.15, 0.2) is 36.4 Å². The average molecular weight is 529 g/mol. The van der Waals surface area contributed by atoms with Crippen LogP contribution in [0.1, 0.15) is 43.2 Å². The third-order valence-corrected chi connectivity index (χ3v) is 8.53. The van der Waals surface area contributed by atoms with Crippen molar-refractivity contribution in [1.29, 1.82) is 0 Å². The zero-order chi connectivity index (χ0) is 27.1. The first kappa shape index (κ1) is 27.0. The van der Waals surface area contributed by atoms with Crippen molar-refractivity contribution >= 4 is 5.91 Å². The molecular formula is C29H37FN2O6. The summed E-state index contributed by atoms with van der Waals surface area (Å²) < 4.78 is 32.4.